The number of pyridine rings is 1. The summed E-state index contributed by atoms with van der Waals surface area (Å²) in [6, 6.07) is 12.1. The Morgan fingerprint density at radius 3 is 2.81 bits per heavy atom. The molecule has 1 saturated carbocycles. The third kappa shape index (κ3) is 2.77. The summed E-state index contributed by atoms with van der Waals surface area (Å²) in [5, 5.41) is 8.10. The molecular formula is C21H22N4O. The van der Waals surface area contributed by atoms with Gasteiger partial charge in [0.2, 0.25) is 0 Å². The van der Waals surface area contributed by atoms with Crippen LogP contribution < -0.4 is 0 Å². The number of fused-ring (bicyclic) bond motifs is 1. The van der Waals surface area contributed by atoms with Gasteiger partial charge in [0, 0.05) is 47.9 Å². The van der Waals surface area contributed by atoms with E-state index in [9.17, 15) is 4.79 Å². The monoisotopic (exact) mass is 346 g/mol. The Morgan fingerprint density at radius 2 is 2.00 bits per heavy atom. The van der Waals surface area contributed by atoms with Gasteiger partial charge >= 0.3 is 0 Å². The fourth-order valence-electron chi connectivity index (χ4n) is 4.04. The minimum atomic E-state index is 0.134. The molecule has 3 aromatic rings. The van der Waals surface area contributed by atoms with E-state index in [4.69, 9.17) is 4.98 Å². The van der Waals surface area contributed by atoms with Crippen molar-refractivity contribution in [3.8, 4) is 0 Å². The number of para-hydroxylation sites is 1. The predicted molar refractivity (Wildman–Crippen MR) is 100 cm³/mol. The molecule has 0 radical (unpaired) electrons. The molecule has 1 aromatic carbocycles. The maximum Gasteiger partial charge on any atom is 0.254 e. The van der Waals surface area contributed by atoms with Crippen LogP contribution in [0.25, 0.3) is 10.9 Å². The summed E-state index contributed by atoms with van der Waals surface area (Å²) in [6.45, 7) is 1.56. The quantitative estimate of drug-likeness (QED) is 0.783. The molecule has 1 atom stereocenters. The highest BCUT2D eigenvalue weighted by Gasteiger charge is 2.30. The van der Waals surface area contributed by atoms with Gasteiger partial charge in [-0.3, -0.25) is 14.9 Å². The fourth-order valence-corrected chi connectivity index (χ4v) is 4.04. The average Bonchev–Trinajstić information content (AvgIpc) is 3.40. The lowest BCUT2D eigenvalue weighted by Gasteiger charge is -2.32. The van der Waals surface area contributed by atoms with Gasteiger partial charge in [-0.1, -0.05) is 18.2 Å². The number of aromatic nitrogens is 3. The normalized spacial score (nSPS) is 20.5. The SMILES string of the molecule is O=C(c1cc(C2CC2)nc2ccccc12)N1CCCC(c2ccn[nH]2)C1. The van der Waals surface area contributed by atoms with Gasteiger partial charge in [0.15, 0.2) is 0 Å². The lowest BCUT2D eigenvalue weighted by molar-refractivity contribution is 0.0707. The second kappa shape index (κ2) is 6.24. The van der Waals surface area contributed by atoms with Crippen LogP contribution in [0, 0.1) is 0 Å². The molecular weight excluding hydrogens is 324 g/mol. The second-order valence-corrected chi connectivity index (χ2v) is 7.49. The van der Waals surface area contributed by atoms with Crippen LogP contribution >= 0.6 is 0 Å². The largest absolute Gasteiger partial charge is 0.338 e. The minimum Gasteiger partial charge on any atom is -0.338 e. The number of hydrogen-bond acceptors (Lipinski definition) is 3. The molecule has 3 heterocycles. The van der Waals surface area contributed by atoms with E-state index < -0.39 is 0 Å². The van der Waals surface area contributed by atoms with Crippen LogP contribution in [0.5, 0.6) is 0 Å². The molecule has 1 unspecified atom stereocenters. The number of nitrogens with zero attached hydrogens (tertiary/aromatic N) is 3. The Kier molecular flexibility index (Phi) is 3.73. The summed E-state index contributed by atoms with van der Waals surface area (Å²) in [6.07, 6.45) is 6.27. The van der Waals surface area contributed by atoms with Gasteiger partial charge in [-0.25, -0.2) is 0 Å². The molecule has 2 aliphatic rings. The predicted octanol–water partition coefficient (Wildman–Crippen LogP) is 3.86. The number of H-pyrrole nitrogens is 1. The van der Waals surface area contributed by atoms with E-state index >= 15 is 0 Å². The van der Waals surface area contributed by atoms with E-state index in [0.29, 0.717) is 11.8 Å². The number of hydrogen-bond donors (Lipinski definition) is 1. The van der Waals surface area contributed by atoms with Crippen molar-refractivity contribution in [3.05, 3.63) is 59.5 Å². The Balaban J connectivity index is 1.49. The maximum absolute atomic E-state index is 13.4. The molecule has 1 amide bonds. The molecule has 1 saturated heterocycles. The van der Waals surface area contributed by atoms with Gasteiger partial charge in [0.05, 0.1) is 11.1 Å². The summed E-state index contributed by atoms with van der Waals surface area (Å²) in [5.74, 6) is 1.01. The van der Waals surface area contributed by atoms with Gasteiger partial charge < -0.3 is 4.90 Å². The second-order valence-electron chi connectivity index (χ2n) is 7.49. The van der Waals surface area contributed by atoms with Crippen LogP contribution in [0.4, 0.5) is 0 Å². The number of benzene rings is 1. The smallest absolute Gasteiger partial charge is 0.254 e. The fraction of sp³-hybridized carbons (Fsp3) is 0.381. The highest BCUT2D eigenvalue weighted by Crippen LogP contribution is 2.40. The van der Waals surface area contributed by atoms with Gasteiger partial charge in [-0.05, 0) is 43.9 Å². The van der Waals surface area contributed by atoms with Crippen molar-refractivity contribution in [2.45, 2.75) is 37.5 Å². The van der Waals surface area contributed by atoms with Crippen molar-refractivity contribution >= 4 is 16.8 Å². The van der Waals surface area contributed by atoms with Crippen LogP contribution in [0.1, 0.15) is 59.3 Å². The first-order valence-corrected chi connectivity index (χ1v) is 9.48. The van der Waals surface area contributed by atoms with Crippen molar-refractivity contribution < 1.29 is 4.79 Å². The molecule has 5 heteroatoms. The van der Waals surface area contributed by atoms with Gasteiger partial charge in [-0.2, -0.15) is 5.10 Å². The molecule has 5 nitrogen and oxygen atoms in total. The van der Waals surface area contributed by atoms with Crippen molar-refractivity contribution in [1.82, 2.24) is 20.1 Å². The molecule has 1 aliphatic heterocycles. The van der Waals surface area contributed by atoms with Crippen molar-refractivity contribution in [3.63, 3.8) is 0 Å². The highest BCUT2D eigenvalue weighted by atomic mass is 16.2. The maximum atomic E-state index is 13.4. The zero-order valence-corrected chi connectivity index (χ0v) is 14.7. The number of amides is 1. The molecule has 1 N–H and O–H groups in total. The molecule has 2 aromatic heterocycles. The number of aromatic amines is 1. The van der Waals surface area contributed by atoms with E-state index in [-0.39, 0.29) is 5.91 Å². The number of rotatable bonds is 3. The van der Waals surface area contributed by atoms with E-state index in [0.717, 1.165) is 53.8 Å². The summed E-state index contributed by atoms with van der Waals surface area (Å²) in [7, 11) is 0. The number of nitrogens with one attached hydrogen (secondary N) is 1. The number of piperidine rings is 1. The van der Waals surface area contributed by atoms with Crippen molar-refractivity contribution in [1.29, 1.82) is 0 Å². The minimum absolute atomic E-state index is 0.134. The Hall–Kier alpha value is -2.69. The third-order valence-electron chi connectivity index (χ3n) is 5.63. The van der Waals surface area contributed by atoms with Gasteiger partial charge in [0.1, 0.15) is 0 Å². The van der Waals surface area contributed by atoms with Gasteiger partial charge in [-0.15, -0.1) is 0 Å². The molecule has 2 fully saturated rings. The Morgan fingerprint density at radius 1 is 1.12 bits per heavy atom. The topological polar surface area (TPSA) is 61.9 Å². The van der Waals surface area contributed by atoms with Crippen LogP contribution in [-0.2, 0) is 0 Å². The number of likely N-dealkylation sites (tertiary alicyclic amines) is 1. The first-order chi connectivity index (χ1) is 12.8. The van der Waals surface area contributed by atoms with Crippen LogP contribution in [0.3, 0.4) is 0 Å². The van der Waals surface area contributed by atoms with E-state index in [2.05, 4.69) is 10.2 Å². The number of carbonyl (C=O) groups is 1. The molecule has 1 aliphatic carbocycles. The summed E-state index contributed by atoms with van der Waals surface area (Å²) < 4.78 is 0. The van der Waals surface area contributed by atoms with Crippen molar-refractivity contribution in [2.75, 3.05) is 13.1 Å². The Bertz CT molecular complexity index is 946. The standard InChI is InChI=1S/C21H22N4O/c26-21(25-11-3-4-15(13-25)18-9-10-22-24-18)17-12-20(14-7-8-14)23-19-6-2-1-5-16(17)19/h1-2,5-6,9-10,12,14-15H,3-4,7-8,11,13H2,(H,22,24). The lowest BCUT2D eigenvalue weighted by atomic mass is 9.94. The zero-order valence-electron chi connectivity index (χ0n) is 14.7. The van der Waals surface area contributed by atoms with Crippen molar-refractivity contribution in [2.24, 2.45) is 0 Å². The van der Waals surface area contributed by atoms with E-state index in [1.165, 1.54) is 12.8 Å². The van der Waals surface area contributed by atoms with Crippen LogP contribution in [0.15, 0.2) is 42.6 Å². The molecule has 0 bridgehead atoms. The summed E-state index contributed by atoms with van der Waals surface area (Å²) >= 11 is 0. The average molecular weight is 346 g/mol. The molecule has 132 valence electrons. The molecule has 0 spiro atoms. The summed E-state index contributed by atoms with van der Waals surface area (Å²) in [4.78, 5) is 20.2. The lowest BCUT2D eigenvalue weighted by Crippen LogP contribution is -2.39. The van der Waals surface area contributed by atoms with E-state index in [1.807, 2.05) is 41.3 Å². The first kappa shape index (κ1) is 15.6. The highest BCUT2D eigenvalue weighted by molar-refractivity contribution is 6.06. The van der Waals surface area contributed by atoms with Crippen LogP contribution in [0.2, 0.25) is 0 Å². The molecule has 26 heavy (non-hydrogen) atoms. The van der Waals surface area contributed by atoms with E-state index in [1.54, 1.807) is 6.20 Å². The Labute approximate surface area is 152 Å². The van der Waals surface area contributed by atoms with Gasteiger partial charge in [0.25, 0.3) is 5.91 Å². The molecule has 5 rings (SSSR count). The summed E-state index contributed by atoms with van der Waals surface area (Å²) in [5.41, 5.74) is 3.94. The van der Waals surface area contributed by atoms with Crippen LogP contribution in [-0.4, -0.2) is 39.1 Å². The first-order valence-electron chi connectivity index (χ1n) is 9.48. The zero-order chi connectivity index (χ0) is 17.5. The number of carbonyl (C=O) groups excluding carboxylic acids is 1. The third-order valence-corrected chi connectivity index (χ3v) is 5.63.